The summed E-state index contributed by atoms with van der Waals surface area (Å²) in [5.41, 5.74) is 10.7. The van der Waals surface area contributed by atoms with E-state index in [1.54, 1.807) is 5.69 Å². The van der Waals surface area contributed by atoms with E-state index in [2.05, 4.69) is 17.6 Å². The zero-order valence-electron chi connectivity index (χ0n) is 10.2. The predicted molar refractivity (Wildman–Crippen MR) is 66.5 cm³/mol. The molecule has 1 fully saturated rings. The molecule has 0 saturated heterocycles. The van der Waals surface area contributed by atoms with Crippen molar-refractivity contribution in [1.29, 1.82) is 0 Å². The Morgan fingerprint density at radius 3 is 2.69 bits per heavy atom. The first kappa shape index (κ1) is 10.4. The summed E-state index contributed by atoms with van der Waals surface area (Å²) in [6, 6.07) is 3.41. The second-order valence-electron chi connectivity index (χ2n) is 5.49. The largest absolute Gasteiger partial charge is 0.346 e. The minimum Gasteiger partial charge on any atom is -0.346 e. The third-order valence-electron chi connectivity index (χ3n) is 4.39. The molecule has 1 saturated carbocycles. The highest BCUT2D eigenvalue weighted by Crippen LogP contribution is 2.37. The van der Waals surface area contributed by atoms with Crippen molar-refractivity contribution in [3.8, 4) is 0 Å². The third-order valence-corrected chi connectivity index (χ3v) is 4.39. The molecule has 2 aliphatic rings. The molecule has 1 atom stereocenters. The van der Waals surface area contributed by atoms with E-state index in [4.69, 9.17) is 5.73 Å². The van der Waals surface area contributed by atoms with Gasteiger partial charge in [0, 0.05) is 23.5 Å². The Balaban J connectivity index is 2.03. The SMILES string of the molecule is Cc1cc2c(n1C1CCCC1)CCCC2N. The van der Waals surface area contributed by atoms with Gasteiger partial charge in [0.2, 0.25) is 0 Å². The molecule has 0 bridgehead atoms. The van der Waals surface area contributed by atoms with Gasteiger partial charge in [0.05, 0.1) is 0 Å². The van der Waals surface area contributed by atoms with E-state index in [0.29, 0.717) is 6.04 Å². The molecule has 16 heavy (non-hydrogen) atoms. The average molecular weight is 218 g/mol. The van der Waals surface area contributed by atoms with Crippen LogP contribution < -0.4 is 5.73 Å². The van der Waals surface area contributed by atoms with Gasteiger partial charge in [0.15, 0.2) is 0 Å². The van der Waals surface area contributed by atoms with Crippen LogP contribution in [0.1, 0.15) is 67.6 Å². The Morgan fingerprint density at radius 1 is 1.19 bits per heavy atom. The average Bonchev–Trinajstić information content (AvgIpc) is 2.85. The summed E-state index contributed by atoms with van der Waals surface area (Å²) in [6.45, 7) is 2.25. The Hall–Kier alpha value is -0.760. The van der Waals surface area contributed by atoms with Gasteiger partial charge in [-0.15, -0.1) is 0 Å². The molecule has 1 unspecified atom stereocenters. The first-order chi connectivity index (χ1) is 7.77. The van der Waals surface area contributed by atoms with Crippen LogP contribution in [0.5, 0.6) is 0 Å². The van der Waals surface area contributed by atoms with E-state index in [0.717, 1.165) is 6.04 Å². The molecule has 0 spiro atoms. The van der Waals surface area contributed by atoms with Crippen LogP contribution in [0.15, 0.2) is 6.07 Å². The first-order valence-corrected chi connectivity index (χ1v) is 6.73. The molecule has 3 rings (SSSR count). The van der Waals surface area contributed by atoms with Crippen molar-refractivity contribution >= 4 is 0 Å². The Kier molecular flexibility index (Phi) is 2.55. The van der Waals surface area contributed by atoms with Crippen molar-refractivity contribution in [3.05, 3.63) is 23.0 Å². The van der Waals surface area contributed by atoms with Crippen LogP contribution in [-0.4, -0.2) is 4.57 Å². The molecule has 2 heteroatoms. The van der Waals surface area contributed by atoms with Crippen LogP contribution in [0.3, 0.4) is 0 Å². The number of hydrogen-bond donors (Lipinski definition) is 1. The molecule has 0 radical (unpaired) electrons. The molecule has 1 aromatic rings. The fourth-order valence-electron chi connectivity index (χ4n) is 3.63. The first-order valence-electron chi connectivity index (χ1n) is 6.73. The smallest absolute Gasteiger partial charge is 0.0336 e. The number of aromatic nitrogens is 1. The fraction of sp³-hybridized carbons (Fsp3) is 0.714. The van der Waals surface area contributed by atoms with E-state index < -0.39 is 0 Å². The summed E-state index contributed by atoms with van der Waals surface area (Å²) in [4.78, 5) is 0. The van der Waals surface area contributed by atoms with Gasteiger partial charge in [-0.25, -0.2) is 0 Å². The highest BCUT2D eigenvalue weighted by Gasteiger charge is 2.26. The third kappa shape index (κ3) is 1.51. The molecule has 2 nitrogen and oxygen atoms in total. The summed E-state index contributed by atoms with van der Waals surface area (Å²) in [5, 5.41) is 0. The van der Waals surface area contributed by atoms with Crippen molar-refractivity contribution in [2.75, 3.05) is 0 Å². The van der Waals surface area contributed by atoms with Gasteiger partial charge in [-0.3, -0.25) is 0 Å². The van der Waals surface area contributed by atoms with Gasteiger partial charge in [-0.05, 0) is 50.7 Å². The molecule has 2 N–H and O–H groups in total. The van der Waals surface area contributed by atoms with Crippen LogP contribution >= 0.6 is 0 Å². The summed E-state index contributed by atoms with van der Waals surface area (Å²) < 4.78 is 2.61. The standard InChI is InChI=1S/C14H22N2/c1-10-9-12-13(15)7-4-8-14(12)16(10)11-5-2-3-6-11/h9,11,13H,2-8,15H2,1H3. The van der Waals surface area contributed by atoms with Crippen LogP contribution in [0.2, 0.25) is 0 Å². The summed E-state index contributed by atoms with van der Waals surface area (Å²) in [7, 11) is 0. The van der Waals surface area contributed by atoms with Crippen LogP contribution in [0, 0.1) is 6.92 Å². The number of aryl methyl sites for hydroxylation is 1. The molecule has 1 heterocycles. The molecule has 0 aromatic carbocycles. The highest BCUT2D eigenvalue weighted by atomic mass is 15.0. The minimum atomic E-state index is 0.296. The molecular formula is C14H22N2. The van der Waals surface area contributed by atoms with Crippen molar-refractivity contribution in [2.24, 2.45) is 5.73 Å². The Morgan fingerprint density at radius 2 is 1.94 bits per heavy atom. The topological polar surface area (TPSA) is 30.9 Å². The van der Waals surface area contributed by atoms with Crippen molar-refractivity contribution in [2.45, 2.75) is 64.0 Å². The molecule has 2 aliphatic carbocycles. The molecule has 0 amide bonds. The molecule has 88 valence electrons. The van der Waals surface area contributed by atoms with Crippen molar-refractivity contribution in [3.63, 3.8) is 0 Å². The van der Waals surface area contributed by atoms with Gasteiger partial charge in [-0.1, -0.05) is 12.8 Å². The van der Waals surface area contributed by atoms with Crippen LogP contribution in [0.25, 0.3) is 0 Å². The zero-order valence-corrected chi connectivity index (χ0v) is 10.2. The Bertz CT molecular complexity index is 386. The van der Waals surface area contributed by atoms with E-state index >= 15 is 0 Å². The molecule has 0 aliphatic heterocycles. The van der Waals surface area contributed by atoms with Crippen LogP contribution in [-0.2, 0) is 6.42 Å². The van der Waals surface area contributed by atoms with Crippen molar-refractivity contribution in [1.82, 2.24) is 4.57 Å². The van der Waals surface area contributed by atoms with Gasteiger partial charge in [0.1, 0.15) is 0 Å². The Labute approximate surface area is 97.8 Å². The lowest BCUT2D eigenvalue weighted by Crippen LogP contribution is -2.19. The van der Waals surface area contributed by atoms with Gasteiger partial charge < -0.3 is 10.3 Å². The highest BCUT2D eigenvalue weighted by molar-refractivity contribution is 5.33. The number of nitrogens with zero attached hydrogens (tertiary/aromatic N) is 1. The number of fused-ring (bicyclic) bond motifs is 1. The normalized spacial score (nSPS) is 26.0. The maximum absolute atomic E-state index is 6.21. The minimum absolute atomic E-state index is 0.296. The second kappa shape index (κ2) is 3.92. The lowest BCUT2D eigenvalue weighted by atomic mass is 9.93. The quantitative estimate of drug-likeness (QED) is 0.770. The second-order valence-corrected chi connectivity index (χ2v) is 5.49. The lowest BCUT2D eigenvalue weighted by Gasteiger charge is -2.24. The number of nitrogens with two attached hydrogens (primary N) is 1. The summed E-state index contributed by atoms with van der Waals surface area (Å²) >= 11 is 0. The van der Waals surface area contributed by atoms with Crippen molar-refractivity contribution < 1.29 is 0 Å². The molecular weight excluding hydrogens is 196 g/mol. The summed E-state index contributed by atoms with van der Waals surface area (Å²) in [5.74, 6) is 0. The zero-order chi connectivity index (χ0) is 11.1. The fourth-order valence-corrected chi connectivity index (χ4v) is 3.63. The monoisotopic (exact) mass is 218 g/mol. The lowest BCUT2D eigenvalue weighted by molar-refractivity contribution is 0.467. The van der Waals surface area contributed by atoms with Gasteiger partial charge in [-0.2, -0.15) is 0 Å². The number of hydrogen-bond acceptors (Lipinski definition) is 1. The number of rotatable bonds is 1. The van der Waals surface area contributed by atoms with E-state index in [9.17, 15) is 0 Å². The maximum atomic E-state index is 6.21. The van der Waals surface area contributed by atoms with E-state index in [1.165, 1.54) is 56.2 Å². The van der Waals surface area contributed by atoms with Gasteiger partial charge >= 0.3 is 0 Å². The van der Waals surface area contributed by atoms with Gasteiger partial charge in [0.25, 0.3) is 0 Å². The molecule has 1 aromatic heterocycles. The maximum Gasteiger partial charge on any atom is 0.0336 e. The van der Waals surface area contributed by atoms with Crippen LogP contribution in [0.4, 0.5) is 0 Å². The summed E-state index contributed by atoms with van der Waals surface area (Å²) in [6.07, 6.45) is 9.24. The van der Waals surface area contributed by atoms with E-state index in [-0.39, 0.29) is 0 Å². The predicted octanol–water partition coefficient (Wildman–Crippen LogP) is 3.25. The van der Waals surface area contributed by atoms with E-state index in [1.807, 2.05) is 0 Å².